The topological polar surface area (TPSA) is 44.1 Å². The quantitative estimate of drug-likeness (QED) is 0.314. The SMILES string of the molecule is N#CN1CC(Cl)CC1C=O. The molecule has 0 spiro atoms. The zero-order valence-electron chi connectivity index (χ0n) is 5.33. The number of rotatable bonds is 1. The minimum Gasteiger partial charge on any atom is -0.301 e. The number of carbonyl (C=O) groups is 1. The average molecular weight is 159 g/mol. The number of nitrogens with zero attached hydrogens (tertiary/aromatic N) is 2. The maximum absolute atomic E-state index is 10.3. The molecule has 0 amide bonds. The van der Waals surface area contributed by atoms with Gasteiger partial charge in [-0.15, -0.1) is 11.6 Å². The molecule has 0 aliphatic carbocycles. The molecule has 0 aromatic carbocycles. The highest BCUT2D eigenvalue weighted by Crippen LogP contribution is 2.19. The van der Waals surface area contributed by atoms with Gasteiger partial charge in [0.1, 0.15) is 6.29 Å². The zero-order chi connectivity index (χ0) is 7.56. The van der Waals surface area contributed by atoms with Crippen LogP contribution in [0.5, 0.6) is 0 Å². The van der Waals surface area contributed by atoms with E-state index in [2.05, 4.69) is 0 Å². The molecule has 0 aromatic heterocycles. The molecule has 0 aromatic rings. The first kappa shape index (κ1) is 7.36. The first-order valence-corrected chi connectivity index (χ1v) is 3.47. The molecule has 1 aliphatic rings. The lowest BCUT2D eigenvalue weighted by molar-refractivity contribution is -0.110. The van der Waals surface area contributed by atoms with Crippen LogP contribution in [-0.4, -0.2) is 29.1 Å². The van der Waals surface area contributed by atoms with E-state index in [1.54, 1.807) is 0 Å². The summed E-state index contributed by atoms with van der Waals surface area (Å²) in [5, 5.41) is 8.40. The third-order valence-electron chi connectivity index (χ3n) is 1.58. The lowest BCUT2D eigenvalue weighted by atomic mass is 10.2. The van der Waals surface area contributed by atoms with Gasteiger partial charge in [0.05, 0.1) is 11.4 Å². The fourth-order valence-electron chi connectivity index (χ4n) is 1.06. The maximum Gasteiger partial charge on any atom is 0.180 e. The molecule has 10 heavy (non-hydrogen) atoms. The van der Waals surface area contributed by atoms with Gasteiger partial charge in [-0.25, -0.2) is 0 Å². The Bertz CT molecular complexity index is 177. The van der Waals surface area contributed by atoms with E-state index in [1.807, 2.05) is 6.19 Å². The Morgan fingerprint density at radius 3 is 2.90 bits per heavy atom. The standard InChI is InChI=1S/C6H7ClN2O/c7-5-1-6(3-10)9(2-5)4-8/h3,5-6H,1-2H2. The molecule has 54 valence electrons. The van der Waals surface area contributed by atoms with E-state index in [0.29, 0.717) is 13.0 Å². The number of nitriles is 1. The summed E-state index contributed by atoms with van der Waals surface area (Å²) in [7, 11) is 0. The van der Waals surface area contributed by atoms with Crippen LogP contribution in [0.25, 0.3) is 0 Å². The molecule has 1 fully saturated rings. The second kappa shape index (κ2) is 2.89. The fourth-order valence-corrected chi connectivity index (χ4v) is 1.39. The summed E-state index contributed by atoms with van der Waals surface area (Å²) in [6, 6.07) is -0.285. The van der Waals surface area contributed by atoms with Crippen molar-refractivity contribution in [2.45, 2.75) is 17.8 Å². The Labute approximate surface area is 64.2 Å². The number of likely N-dealkylation sites (tertiary alicyclic amines) is 1. The fraction of sp³-hybridized carbons (Fsp3) is 0.667. The van der Waals surface area contributed by atoms with Gasteiger partial charge in [0, 0.05) is 6.54 Å². The van der Waals surface area contributed by atoms with E-state index in [-0.39, 0.29) is 11.4 Å². The molecule has 0 N–H and O–H groups in total. The minimum atomic E-state index is -0.285. The number of hydrogen-bond acceptors (Lipinski definition) is 3. The summed E-state index contributed by atoms with van der Waals surface area (Å²) in [5.74, 6) is 0. The van der Waals surface area contributed by atoms with Crippen molar-refractivity contribution in [3.05, 3.63) is 0 Å². The molecule has 1 heterocycles. The van der Waals surface area contributed by atoms with Crippen molar-refractivity contribution in [1.82, 2.24) is 4.90 Å². The maximum atomic E-state index is 10.3. The Hall–Kier alpha value is -0.750. The summed E-state index contributed by atoms with van der Waals surface area (Å²) >= 11 is 5.71. The van der Waals surface area contributed by atoms with Crippen LogP contribution in [0.1, 0.15) is 6.42 Å². The van der Waals surface area contributed by atoms with Gasteiger partial charge >= 0.3 is 0 Å². The van der Waals surface area contributed by atoms with Gasteiger partial charge < -0.3 is 4.79 Å². The molecular formula is C6H7ClN2O. The van der Waals surface area contributed by atoms with E-state index in [1.165, 1.54) is 4.90 Å². The summed E-state index contributed by atoms with van der Waals surface area (Å²) < 4.78 is 0. The van der Waals surface area contributed by atoms with Crippen LogP contribution in [0, 0.1) is 11.5 Å². The molecule has 3 nitrogen and oxygen atoms in total. The van der Waals surface area contributed by atoms with Crippen molar-refractivity contribution >= 4 is 17.9 Å². The predicted molar refractivity (Wildman–Crippen MR) is 36.4 cm³/mol. The summed E-state index contributed by atoms with van der Waals surface area (Å²) in [6.07, 6.45) is 3.28. The van der Waals surface area contributed by atoms with Gasteiger partial charge in [-0.1, -0.05) is 0 Å². The second-order valence-corrected chi connectivity index (χ2v) is 2.91. The van der Waals surface area contributed by atoms with Crippen molar-refractivity contribution in [3.8, 4) is 6.19 Å². The number of aldehydes is 1. The van der Waals surface area contributed by atoms with Crippen LogP contribution in [0.2, 0.25) is 0 Å². The van der Waals surface area contributed by atoms with Crippen LogP contribution < -0.4 is 0 Å². The van der Waals surface area contributed by atoms with E-state index in [0.717, 1.165) is 6.29 Å². The van der Waals surface area contributed by atoms with Gasteiger partial charge in [0.2, 0.25) is 0 Å². The van der Waals surface area contributed by atoms with Crippen molar-refractivity contribution in [2.75, 3.05) is 6.54 Å². The van der Waals surface area contributed by atoms with E-state index in [9.17, 15) is 4.79 Å². The number of hydrogen-bond donors (Lipinski definition) is 0. The largest absolute Gasteiger partial charge is 0.301 e. The van der Waals surface area contributed by atoms with E-state index >= 15 is 0 Å². The van der Waals surface area contributed by atoms with Gasteiger partial charge in [-0.3, -0.25) is 4.90 Å². The van der Waals surface area contributed by atoms with E-state index in [4.69, 9.17) is 16.9 Å². The monoisotopic (exact) mass is 158 g/mol. The molecule has 1 aliphatic heterocycles. The number of alkyl halides is 1. The molecule has 2 atom stereocenters. The Kier molecular flexibility index (Phi) is 2.13. The molecule has 0 saturated carbocycles. The molecule has 2 unspecified atom stereocenters. The number of halogens is 1. The molecule has 4 heteroatoms. The Morgan fingerprint density at radius 1 is 1.80 bits per heavy atom. The molecule has 0 radical (unpaired) electrons. The van der Waals surface area contributed by atoms with Crippen LogP contribution in [-0.2, 0) is 4.79 Å². The first-order valence-electron chi connectivity index (χ1n) is 3.03. The Balaban J connectivity index is 2.59. The molecule has 1 saturated heterocycles. The highest BCUT2D eigenvalue weighted by atomic mass is 35.5. The molecule has 0 bridgehead atoms. The van der Waals surface area contributed by atoms with Crippen molar-refractivity contribution in [2.24, 2.45) is 0 Å². The molecular weight excluding hydrogens is 152 g/mol. The van der Waals surface area contributed by atoms with Crippen LogP contribution >= 0.6 is 11.6 Å². The van der Waals surface area contributed by atoms with Crippen LogP contribution in [0.4, 0.5) is 0 Å². The second-order valence-electron chi connectivity index (χ2n) is 2.29. The first-order chi connectivity index (χ1) is 4.77. The number of carbonyl (C=O) groups excluding carboxylic acids is 1. The lowest BCUT2D eigenvalue weighted by Crippen LogP contribution is -2.25. The van der Waals surface area contributed by atoms with Gasteiger partial charge in [-0.2, -0.15) is 5.26 Å². The van der Waals surface area contributed by atoms with Crippen molar-refractivity contribution in [3.63, 3.8) is 0 Å². The minimum absolute atomic E-state index is 0.0464. The van der Waals surface area contributed by atoms with Crippen LogP contribution in [0.15, 0.2) is 0 Å². The van der Waals surface area contributed by atoms with Gasteiger partial charge in [-0.05, 0) is 6.42 Å². The highest BCUT2D eigenvalue weighted by Gasteiger charge is 2.29. The lowest BCUT2D eigenvalue weighted by Gasteiger charge is -2.09. The molecule has 1 rings (SSSR count). The van der Waals surface area contributed by atoms with Crippen LogP contribution in [0.3, 0.4) is 0 Å². The van der Waals surface area contributed by atoms with Gasteiger partial charge in [0.15, 0.2) is 6.19 Å². The third-order valence-corrected chi connectivity index (χ3v) is 1.89. The van der Waals surface area contributed by atoms with Crippen molar-refractivity contribution < 1.29 is 4.79 Å². The highest BCUT2D eigenvalue weighted by molar-refractivity contribution is 6.21. The summed E-state index contributed by atoms with van der Waals surface area (Å²) in [6.45, 7) is 0.501. The predicted octanol–water partition coefficient (Wildman–Crippen LogP) is 0.348. The van der Waals surface area contributed by atoms with Crippen molar-refractivity contribution in [1.29, 1.82) is 5.26 Å². The zero-order valence-corrected chi connectivity index (χ0v) is 6.08. The third kappa shape index (κ3) is 1.22. The van der Waals surface area contributed by atoms with Gasteiger partial charge in [0.25, 0.3) is 0 Å². The summed E-state index contributed by atoms with van der Waals surface area (Å²) in [5.41, 5.74) is 0. The Morgan fingerprint density at radius 2 is 2.50 bits per heavy atom. The normalized spacial score (nSPS) is 31.8. The van der Waals surface area contributed by atoms with E-state index < -0.39 is 0 Å². The smallest absolute Gasteiger partial charge is 0.180 e. The average Bonchev–Trinajstić information content (AvgIpc) is 2.30. The summed E-state index contributed by atoms with van der Waals surface area (Å²) in [4.78, 5) is 11.7.